The molecule has 2 aliphatic heterocycles. The van der Waals surface area contributed by atoms with Crippen LogP contribution in [-0.4, -0.2) is 38.4 Å². The molecule has 0 amide bonds. The van der Waals surface area contributed by atoms with E-state index >= 15 is 0 Å². The number of hydrogen-bond donors (Lipinski definition) is 2. The van der Waals surface area contributed by atoms with Crippen molar-refractivity contribution in [3.8, 4) is 0 Å². The summed E-state index contributed by atoms with van der Waals surface area (Å²) in [6.07, 6.45) is 2.63. The third-order valence-electron chi connectivity index (χ3n) is 2.41. The van der Waals surface area contributed by atoms with Crippen LogP contribution in [0.4, 0.5) is 0 Å². The third kappa shape index (κ3) is 1.92. The van der Waals surface area contributed by atoms with Crippen molar-refractivity contribution in [3.63, 3.8) is 0 Å². The first-order valence-corrected chi connectivity index (χ1v) is 4.49. The summed E-state index contributed by atoms with van der Waals surface area (Å²) < 4.78 is 5.09. The summed E-state index contributed by atoms with van der Waals surface area (Å²) in [6, 6.07) is 1.33. The lowest BCUT2D eigenvalue weighted by atomic mass is 10.1. The van der Waals surface area contributed by atoms with Crippen molar-refractivity contribution in [3.05, 3.63) is 0 Å². The summed E-state index contributed by atoms with van der Waals surface area (Å²) in [7, 11) is 0. The van der Waals surface area contributed by atoms with Crippen LogP contribution in [0.1, 0.15) is 12.8 Å². The highest BCUT2D eigenvalue weighted by Crippen LogP contribution is 2.06. The van der Waals surface area contributed by atoms with Crippen molar-refractivity contribution in [2.24, 2.45) is 0 Å². The SMILES string of the molecule is C1CNC[C@H](NC2COC2)C1. The van der Waals surface area contributed by atoms with Gasteiger partial charge in [0, 0.05) is 12.6 Å². The minimum Gasteiger partial charge on any atom is -0.378 e. The Bertz CT molecular complexity index is 119. The molecule has 1 atom stereocenters. The van der Waals surface area contributed by atoms with E-state index in [0.29, 0.717) is 12.1 Å². The van der Waals surface area contributed by atoms with Gasteiger partial charge in [-0.25, -0.2) is 0 Å². The van der Waals surface area contributed by atoms with Gasteiger partial charge >= 0.3 is 0 Å². The lowest BCUT2D eigenvalue weighted by Crippen LogP contribution is -2.54. The molecule has 0 aromatic rings. The summed E-state index contributed by atoms with van der Waals surface area (Å²) in [5, 5.41) is 6.95. The molecule has 0 saturated carbocycles. The van der Waals surface area contributed by atoms with Crippen molar-refractivity contribution in [2.75, 3.05) is 26.3 Å². The van der Waals surface area contributed by atoms with Gasteiger partial charge in [-0.05, 0) is 19.4 Å². The van der Waals surface area contributed by atoms with Crippen LogP contribution in [0.25, 0.3) is 0 Å². The molecule has 3 nitrogen and oxygen atoms in total. The van der Waals surface area contributed by atoms with Gasteiger partial charge in [0.1, 0.15) is 0 Å². The van der Waals surface area contributed by atoms with E-state index in [1.165, 1.54) is 19.4 Å². The fourth-order valence-corrected chi connectivity index (χ4v) is 1.66. The molecule has 0 spiro atoms. The standard InChI is InChI=1S/C8H16N2O/c1-2-7(4-9-3-1)10-8-5-11-6-8/h7-10H,1-6H2/t7-/m1/s1. The molecule has 2 saturated heterocycles. The van der Waals surface area contributed by atoms with Gasteiger partial charge in [0.2, 0.25) is 0 Å². The number of rotatable bonds is 2. The Morgan fingerprint density at radius 2 is 2.18 bits per heavy atom. The first kappa shape index (κ1) is 7.53. The van der Waals surface area contributed by atoms with Gasteiger partial charge in [-0.3, -0.25) is 0 Å². The van der Waals surface area contributed by atoms with Crippen molar-refractivity contribution in [1.29, 1.82) is 0 Å². The lowest BCUT2D eigenvalue weighted by molar-refractivity contribution is -0.0111. The molecule has 3 heteroatoms. The smallest absolute Gasteiger partial charge is 0.0643 e. The Morgan fingerprint density at radius 3 is 2.73 bits per heavy atom. The Kier molecular flexibility index (Phi) is 2.41. The molecule has 0 aliphatic carbocycles. The summed E-state index contributed by atoms with van der Waals surface area (Å²) in [6.45, 7) is 4.16. The van der Waals surface area contributed by atoms with Crippen LogP contribution in [0.5, 0.6) is 0 Å². The van der Waals surface area contributed by atoms with E-state index in [-0.39, 0.29) is 0 Å². The third-order valence-corrected chi connectivity index (χ3v) is 2.41. The van der Waals surface area contributed by atoms with E-state index < -0.39 is 0 Å². The molecular formula is C8H16N2O. The maximum absolute atomic E-state index is 5.09. The first-order valence-electron chi connectivity index (χ1n) is 4.49. The van der Waals surface area contributed by atoms with E-state index in [0.717, 1.165) is 19.8 Å². The van der Waals surface area contributed by atoms with Gasteiger partial charge in [0.15, 0.2) is 0 Å². The highest BCUT2D eigenvalue weighted by atomic mass is 16.5. The van der Waals surface area contributed by atoms with Gasteiger partial charge in [-0.15, -0.1) is 0 Å². The molecule has 0 aromatic carbocycles. The van der Waals surface area contributed by atoms with Crippen LogP contribution in [-0.2, 0) is 4.74 Å². The summed E-state index contributed by atoms with van der Waals surface area (Å²) in [5.41, 5.74) is 0. The zero-order valence-electron chi connectivity index (χ0n) is 6.81. The van der Waals surface area contributed by atoms with Gasteiger partial charge in [-0.1, -0.05) is 0 Å². The number of hydrogen-bond acceptors (Lipinski definition) is 3. The van der Waals surface area contributed by atoms with E-state index in [9.17, 15) is 0 Å². The second-order valence-corrected chi connectivity index (χ2v) is 3.44. The Morgan fingerprint density at radius 1 is 1.27 bits per heavy atom. The highest BCUT2D eigenvalue weighted by Gasteiger charge is 2.22. The molecular weight excluding hydrogens is 140 g/mol. The topological polar surface area (TPSA) is 33.3 Å². The molecule has 2 N–H and O–H groups in total. The largest absolute Gasteiger partial charge is 0.378 e. The van der Waals surface area contributed by atoms with Gasteiger partial charge in [0.25, 0.3) is 0 Å². The first-order chi connectivity index (χ1) is 5.45. The molecule has 2 rings (SSSR count). The van der Waals surface area contributed by atoms with Crippen molar-refractivity contribution < 1.29 is 4.74 Å². The average molecular weight is 156 g/mol. The Balaban J connectivity index is 1.67. The van der Waals surface area contributed by atoms with Crippen LogP contribution < -0.4 is 10.6 Å². The van der Waals surface area contributed by atoms with E-state index in [1.54, 1.807) is 0 Å². The number of nitrogens with one attached hydrogen (secondary N) is 2. The summed E-state index contributed by atoms with van der Waals surface area (Å²) in [4.78, 5) is 0. The van der Waals surface area contributed by atoms with Crippen LogP contribution >= 0.6 is 0 Å². The van der Waals surface area contributed by atoms with Crippen molar-refractivity contribution in [2.45, 2.75) is 24.9 Å². The zero-order chi connectivity index (χ0) is 7.52. The van der Waals surface area contributed by atoms with Crippen molar-refractivity contribution >= 4 is 0 Å². The van der Waals surface area contributed by atoms with Crippen LogP contribution in [0.15, 0.2) is 0 Å². The molecule has 64 valence electrons. The Labute approximate surface area is 67.5 Å². The number of ether oxygens (including phenoxy) is 1. The van der Waals surface area contributed by atoms with Crippen LogP contribution in [0.3, 0.4) is 0 Å². The minimum absolute atomic E-state index is 0.639. The zero-order valence-corrected chi connectivity index (χ0v) is 6.81. The molecule has 2 heterocycles. The average Bonchev–Trinajstić information content (AvgIpc) is 1.99. The lowest BCUT2D eigenvalue weighted by Gasteiger charge is -2.33. The van der Waals surface area contributed by atoms with Gasteiger partial charge in [0.05, 0.1) is 19.3 Å². The maximum Gasteiger partial charge on any atom is 0.0643 e. The van der Waals surface area contributed by atoms with E-state index in [2.05, 4.69) is 10.6 Å². The highest BCUT2D eigenvalue weighted by molar-refractivity contribution is 4.82. The van der Waals surface area contributed by atoms with Crippen LogP contribution in [0, 0.1) is 0 Å². The van der Waals surface area contributed by atoms with Crippen LogP contribution in [0.2, 0.25) is 0 Å². The van der Waals surface area contributed by atoms with Gasteiger partial charge < -0.3 is 15.4 Å². The summed E-state index contributed by atoms with van der Waals surface area (Å²) >= 11 is 0. The predicted molar refractivity (Wildman–Crippen MR) is 43.6 cm³/mol. The minimum atomic E-state index is 0.639. The molecule has 11 heavy (non-hydrogen) atoms. The van der Waals surface area contributed by atoms with Crippen molar-refractivity contribution in [1.82, 2.24) is 10.6 Å². The normalized spacial score (nSPS) is 33.3. The quantitative estimate of drug-likeness (QED) is 0.577. The van der Waals surface area contributed by atoms with Gasteiger partial charge in [-0.2, -0.15) is 0 Å². The Hall–Kier alpha value is -0.120. The fraction of sp³-hybridized carbons (Fsp3) is 1.00. The van der Waals surface area contributed by atoms with E-state index in [1.807, 2.05) is 0 Å². The number of piperidine rings is 1. The molecule has 0 bridgehead atoms. The van der Waals surface area contributed by atoms with E-state index in [4.69, 9.17) is 4.74 Å². The maximum atomic E-state index is 5.09. The summed E-state index contributed by atoms with van der Waals surface area (Å²) in [5.74, 6) is 0. The molecule has 0 unspecified atom stereocenters. The molecule has 2 aliphatic rings. The predicted octanol–water partition coefficient (Wildman–Crippen LogP) is -0.273. The molecule has 2 fully saturated rings. The monoisotopic (exact) mass is 156 g/mol. The molecule has 0 aromatic heterocycles. The fourth-order valence-electron chi connectivity index (χ4n) is 1.66. The second-order valence-electron chi connectivity index (χ2n) is 3.44. The molecule has 0 radical (unpaired) electrons. The second kappa shape index (κ2) is 3.52.